The van der Waals surface area contributed by atoms with E-state index in [0.717, 1.165) is 3.57 Å². The predicted octanol–water partition coefficient (Wildman–Crippen LogP) is 2.69. The van der Waals surface area contributed by atoms with Crippen molar-refractivity contribution in [2.24, 2.45) is 0 Å². The van der Waals surface area contributed by atoms with Crippen LogP contribution in [0, 0.1) is 3.57 Å². The van der Waals surface area contributed by atoms with Crippen molar-refractivity contribution in [3.8, 4) is 11.8 Å². The highest BCUT2D eigenvalue weighted by atomic mass is 127. The molecule has 0 atom stereocenters. The van der Waals surface area contributed by atoms with E-state index < -0.39 is 0 Å². The first-order valence-corrected chi connectivity index (χ1v) is 5.56. The molecule has 1 aromatic carbocycles. The van der Waals surface area contributed by atoms with Crippen LogP contribution in [0.2, 0.25) is 0 Å². The highest BCUT2D eigenvalue weighted by molar-refractivity contribution is 14.1. The average Bonchev–Trinajstić information content (AvgIpc) is 2.33. The van der Waals surface area contributed by atoms with E-state index in [4.69, 9.17) is 4.74 Å². The Kier molecular flexibility index (Phi) is 3.45. The van der Waals surface area contributed by atoms with Crippen LogP contribution in [0.4, 0.5) is 0 Å². The number of aromatic nitrogens is 2. The third-order valence-electron chi connectivity index (χ3n) is 1.81. The Morgan fingerprint density at radius 1 is 1.12 bits per heavy atom. The highest BCUT2D eigenvalue weighted by Crippen LogP contribution is 2.18. The Bertz CT molecular complexity index is 482. The fraction of sp³-hybridized carbons (Fsp3) is 0. The Morgan fingerprint density at radius 3 is 2.31 bits per heavy atom. The summed E-state index contributed by atoms with van der Waals surface area (Å²) in [6, 6.07) is 7.75. The topological polar surface area (TPSA) is 52.1 Å². The molecule has 4 nitrogen and oxygen atoms in total. The molecule has 1 aromatic heterocycles. The Labute approximate surface area is 106 Å². The number of hydrogen-bond acceptors (Lipinski definition) is 4. The van der Waals surface area contributed by atoms with Crippen molar-refractivity contribution in [3.63, 3.8) is 0 Å². The molecule has 0 aliphatic heterocycles. The molecule has 0 unspecified atom stereocenters. The quantitative estimate of drug-likeness (QED) is 0.643. The van der Waals surface area contributed by atoms with Crippen LogP contribution in [0.3, 0.4) is 0 Å². The lowest BCUT2D eigenvalue weighted by Crippen LogP contribution is -1.93. The minimum Gasteiger partial charge on any atom is -0.424 e. The zero-order valence-corrected chi connectivity index (χ0v) is 10.3. The minimum absolute atomic E-state index is 0.229. The summed E-state index contributed by atoms with van der Waals surface area (Å²) in [6.07, 6.45) is 3.53. The highest BCUT2D eigenvalue weighted by Gasteiger charge is 2.00. The molecule has 1 heterocycles. The monoisotopic (exact) mass is 326 g/mol. The molecule has 0 amide bonds. The third kappa shape index (κ3) is 2.75. The van der Waals surface area contributed by atoms with Gasteiger partial charge in [-0.15, -0.1) is 0 Å². The molecule has 0 saturated carbocycles. The average molecular weight is 326 g/mol. The van der Waals surface area contributed by atoms with E-state index in [1.165, 1.54) is 12.4 Å². The summed E-state index contributed by atoms with van der Waals surface area (Å²) in [5.41, 5.74) is 0.426. The molecular formula is C11H7IN2O2. The zero-order chi connectivity index (χ0) is 11.4. The Balaban J connectivity index is 2.14. The van der Waals surface area contributed by atoms with E-state index in [9.17, 15) is 4.79 Å². The number of carbonyl (C=O) groups excluding carboxylic acids is 1. The second kappa shape index (κ2) is 5.02. The molecule has 0 spiro atoms. The Morgan fingerprint density at radius 2 is 1.75 bits per heavy atom. The standard InChI is InChI=1S/C11H7IN2O2/c12-9-1-3-10(4-2-9)16-11-13-5-8(7-15)6-14-11/h1-7H. The first kappa shape index (κ1) is 11.0. The normalized spacial score (nSPS) is 9.81. The number of carbonyl (C=O) groups is 1. The van der Waals surface area contributed by atoms with Crippen LogP contribution in [-0.2, 0) is 0 Å². The third-order valence-corrected chi connectivity index (χ3v) is 2.53. The van der Waals surface area contributed by atoms with Crippen molar-refractivity contribution in [1.82, 2.24) is 9.97 Å². The van der Waals surface area contributed by atoms with Crippen LogP contribution < -0.4 is 4.74 Å². The molecule has 80 valence electrons. The molecule has 0 saturated heterocycles. The van der Waals surface area contributed by atoms with E-state index in [-0.39, 0.29) is 6.01 Å². The number of aldehydes is 1. The van der Waals surface area contributed by atoms with Crippen LogP contribution in [0.1, 0.15) is 10.4 Å². The van der Waals surface area contributed by atoms with Gasteiger partial charge < -0.3 is 4.74 Å². The van der Waals surface area contributed by atoms with Crippen molar-refractivity contribution in [2.45, 2.75) is 0 Å². The second-order valence-corrected chi connectivity index (χ2v) is 4.22. The molecule has 5 heteroatoms. The maximum Gasteiger partial charge on any atom is 0.321 e. The van der Waals surface area contributed by atoms with Gasteiger partial charge in [0.25, 0.3) is 0 Å². The molecule has 0 radical (unpaired) electrons. The van der Waals surface area contributed by atoms with E-state index in [1.54, 1.807) is 0 Å². The van der Waals surface area contributed by atoms with Gasteiger partial charge in [0, 0.05) is 16.0 Å². The van der Waals surface area contributed by atoms with Crippen LogP contribution in [0.15, 0.2) is 36.7 Å². The van der Waals surface area contributed by atoms with E-state index in [2.05, 4.69) is 32.6 Å². The number of halogens is 1. The van der Waals surface area contributed by atoms with E-state index in [0.29, 0.717) is 17.6 Å². The SMILES string of the molecule is O=Cc1cnc(Oc2ccc(I)cc2)nc1. The maximum atomic E-state index is 10.4. The smallest absolute Gasteiger partial charge is 0.321 e. The summed E-state index contributed by atoms with van der Waals surface area (Å²) in [5, 5.41) is 0. The zero-order valence-electron chi connectivity index (χ0n) is 8.13. The molecular weight excluding hydrogens is 319 g/mol. The molecule has 0 aliphatic rings. The molecule has 0 aliphatic carbocycles. The van der Waals surface area contributed by atoms with Gasteiger partial charge in [0.15, 0.2) is 6.29 Å². The molecule has 0 N–H and O–H groups in total. The van der Waals surface area contributed by atoms with Crippen molar-refractivity contribution in [2.75, 3.05) is 0 Å². The van der Waals surface area contributed by atoms with E-state index >= 15 is 0 Å². The largest absolute Gasteiger partial charge is 0.424 e. The fourth-order valence-corrected chi connectivity index (χ4v) is 1.41. The maximum absolute atomic E-state index is 10.4. The van der Waals surface area contributed by atoms with E-state index in [1.807, 2.05) is 24.3 Å². The van der Waals surface area contributed by atoms with Gasteiger partial charge in [0.1, 0.15) is 5.75 Å². The van der Waals surface area contributed by atoms with Crippen LogP contribution in [0.25, 0.3) is 0 Å². The van der Waals surface area contributed by atoms with Gasteiger partial charge >= 0.3 is 6.01 Å². The minimum atomic E-state index is 0.229. The Hall–Kier alpha value is -1.50. The lowest BCUT2D eigenvalue weighted by molar-refractivity contribution is 0.112. The van der Waals surface area contributed by atoms with Gasteiger partial charge in [-0.25, -0.2) is 9.97 Å². The summed E-state index contributed by atoms with van der Waals surface area (Å²) in [5.74, 6) is 0.666. The lowest BCUT2D eigenvalue weighted by atomic mass is 10.3. The number of nitrogens with zero attached hydrogens (tertiary/aromatic N) is 2. The molecule has 2 aromatic rings. The number of ether oxygens (including phenoxy) is 1. The number of rotatable bonds is 3. The van der Waals surface area contributed by atoms with Crippen LogP contribution in [0.5, 0.6) is 11.8 Å². The van der Waals surface area contributed by atoms with Gasteiger partial charge in [-0.2, -0.15) is 0 Å². The van der Waals surface area contributed by atoms with Crippen molar-refractivity contribution in [1.29, 1.82) is 0 Å². The number of hydrogen-bond donors (Lipinski definition) is 0. The molecule has 2 rings (SSSR count). The number of benzene rings is 1. The van der Waals surface area contributed by atoms with Gasteiger partial charge in [-0.3, -0.25) is 4.79 Å². The molecule has 16 heavy (non-hydrogen) atoms. The first-order chi connectivity index (χ1) is 7.78. The van der Waals surface area contributed by atoms with Crippen molar-refractivity contribution < 1.29 is 9.53 Å². The van der Waals surface area contributed by atoms with Gasteiger partial charge in [-0.05, 0) is 46.9 Å². The summed E-state index contributed by atoms with van der Waals surface area (Å²) in [4.78, 5) is 18.2. The van der Waals surface area contributed by atoms with Gasteiger partial charge in [-0.1, -0.05) is 0 Å². The summed E-state index contributed by atoms with van der Waals surface area (Å²) < 4.78 is 6.52. The van der Waals surface area contributed by atoms with Crippen molar-refractivity contribution >= 4 is 28.9 Å². The lowest BCUT2D eigenvalue weighted by Gasteiger charge is -2.02. The fourth-order valence-electron chi connectivity index (χ4n) is 1.05. The van der Waals surface area contributed by atoms with Crippen LogP contribution >= 0.6 is 22.6 Å². The molecule has 0 bridgehead atoms. The van der Waals surface area contributed by atoms with Gasteiger partial charge in [0.2, 0.25) is 0 Å². The summed E-state index contributed by atoms with van der Waals surface area (Å²) in [6.45, 7) is 0. The van der Waals surface area contributed by atoms with Gasteiger partial charge in [0.05, 0.1) is 5.56 Å². The van der Waals surface area contributed by atoms with Crippen LogP contribution in [-0.4, -0.2) is 16.3 Å². The molecule has 0 fully saturated rings. The first-order valence-electron chi connectivity index (χ1n) is 4.48. The predicted molar refractivity (Wildman–Crippen MR) is 66.7 cm³/mol. The summed E-state index contributed by atoms with van der Waals surface area (Å²) >= 11 is 2.21. The summed E-state index contributed by atoms with van der Waals surface area (Å²) in [7, 11) is 0. The van der Waals surface area contributed by atoms with Crippen molar-refractivity contribution in [3.05, 3.63) is 45.8 Å². The second-order valence-electron chi connectivity index (χ2n) is 2.97.